The third-order valence-electron chi connectivity index (χ3n) is 5.70. The largest absolute Gasteiger partial charge is 0.503 e. The molecular formula is C25H24N2O6S. The van der Waals surface area contributed by atoms with Crippen LogP contribution in [0.5, 0.6) is 0 Å². The number of aliphatic hydroxyl groups is 1. The Balaban J connectivity index is 1.87. The molecule has 34 heavy (non-hydrogen) atoms. The molecule has 0 unspecified atom stereocenters. The van der Waals surface area contributed by atoms with Gasteiger partial charge in [-0.1, -0.05) is 49.4 Å². The van der Waals surface area contributed by atoms with Crippen molar-refractivity contribution >= 4 is 34.1 Å². The molecule has 3 heterocycles. The standard InChI is InChI=1S/C25H24N2O6S/c1-12(2)15-7-9-16(10-8-15)19-18(20(28)17-11-6-13(3)33-17)21(29)23(30)27(19)25-26-14(4)22(34-25)24(31)32-5/h6-12,19,29H,1-5H3/t19-/m1/s1. The van der Waals surface area contributed by atoms with Gasteiger partial charge in [-0.3, -0.25) is 14.5 Å². The second-order valence-corrected chi connectivity index (χ2v) is 9.28. The fraction of sp³-hybridized carbons (Fsp3) is 0.280. The molecule has 0 bridgehead atoms. The van der Waals surface area contributed by atoms with Crippen LogP contribution in [0.25, 0.3) is 0 Å². The fourth-order valence-electron chi connectivity index (χ4n) is 3.87. The van der Waals surface area contributed by atoms with Crippen molar-refractivity contribution in [2.45, 2.75) is 39.7 Å². The quantitative estimate of drug-likeness (QED) is 0.388. The van der Waals surface area contributed by atoms with E-state index in [2.05, 4.69) is 18.8 Å². The van der Waals surface area contributed by atoms with E-state index < -0.39 is 29.5 Å². The smallest absolute Gasteiger partial charge is 0.350 e. The number of ether oxygens (including phenoxy) is 1. The summed E-state index contributed by atoms with van der Waals surface area (Å²) in [7, 11) is 1.26. The minimum Gasteiger partial charge on any atom is -0.503 e. The van der Waals surface area contributed by atoms with Crippen LogP contribution in [0.3, 0.4) is 0 Å². The lowest BCUT2D eigenvalue weighted by Gasteiger charge is -2.24. The zero-order valence-corrected chi connectivity index (χ0v) is 20.2. The lowest BCUT2D eigenvalue weighted by molar-refractivity contribution is -0.117. The number of thiazole rings is 1. The van der Waals surface area contributed by atoms with Crippen LogP contribution >= 0.6 is 11.3 Å². The summed E-state index contributed by atoms with van der Waals surface area (Å²) < 4.78 is 10.3. The van der Waals surface area contributed by atoms with E-state index in [9.17, 15) is 19.5 Å². The van der Waals surface area contributed by atoms with Gasteiger partial charge in [0.25, 0.3) is 5.91 Å². The Morgan fingerprint density at radius 2 is 1.82 bits per heavy atom. The van der Waals surface area contributed by atoms with Crippen LogP contribution in [0.1, 0.15) is 68.6 Å². The monoisotopic (exact) mass is 480 g/mol. The van der Waals surface area contributed by atoms with Crippen LogP contribution in [-0.4, -0.2) is 34.9 Å². The topological polar surface area (TPSA) is 110 Å². The van der Waals surface area contributed by atoms with Gasteiger partial charge in [-0.15, -0.1) is 0 Å². The molecule has 0 saturated carbocycles. The molecule has 0 spiro atoms. The molecule has 1 amide bonds. The summed E-state index contributed by atoms with van der Waals surface area (Å²) in [6.07, 6.45) is 0. The average molecular weight is 481 g/mol. The van der Waals surface area contributed by atoms with E-state index in [0.717, 1.165) is 16.9 Å². The fourth-order valence-corrected chi connectivity index (χ4v) is 4.88. The van der Waals surface area contributed by atoms with Crippen molar-refractivity contribution in [1.29, 1.82) is 0 Å². The number of aryl methyl sites for hydroxylation is 2. The van der Waals surface area contributed by atoms with Gasteiger partial charge in [0.15, 0.2) is 16.7 Å². The Labute approximate surface area is 200 Å². The highest BCUT2D eigenvalue weighted by molar-refractivity contribution is 7.17. The first-order chi connectivity index (χ1) is 16.1. The first-order valence-corrected chi connectivity index (χ1v) is 11.5. The minimum absolute atomic E-state index is 0.0167. The van der Waals surface area contributed by atoms with Crippen LogP contribution in [0.4, 0.5) is 5.13 Å². The van der Waals surface area contributed by atoms with Crippen LogP contribution in [0.15, 0.2) is 52.1 Å². The molecular weight excluding hydrogens is 456 g/mol. The van der Waals surface area contributed by atoms with E-state index >= 15 is 0 Å². The summed E-state index contributed by atoms with van der Waals surface area (Å²) in [5.41, 5.74) is 1.97. The zero-order chi connectivity index (χ0) is 24.7. The zero-order valence-electron chi connectivity index (χ0n) is 19.4. The predicted octanol–water partition coefficient (Wildman–Crippen LogP) is 5.05. The van der Waals surface area contributed by atoms with Crippen LogP contribution in [0, 0.1) is 13.8 Å². The predicted molar refractivity (Wildman–Crippen MR) is 126 cm³/mol. The van der Waals surface area contributed by atoms with Crippen molar-refractivity contribution in [3.05, 3.63) is 80.9 Å². The van der Waals surface area contributed by atoms with E-state index in [4.69, 9.17) is 9.15 Å². The van der Waals surface area contributed by atoms with Gasteiger partial charge in [0, 0.05) is 0 Å². The van der Waals surface area contributed by atoms with E-state index in [1.54, 1.807) is 19.9 Å². The number of anilines is 1. The highest BCUT2D eigenvalue weighted by Gasteiger charge is 2.46. The number of esters is 1. The molecule has 1 N–H and O–H groups in total. The number of nitrogens with zero attached hydrogens (tertiary/aromatic N) is 2. The third kappa shape index (κ3) is 3.92. The molecule has 8 nitrogen and oxygen atoms in total. The molecule has 9 heteroatoms. The van der Waals surface area contributed by atoms with E-state index in [0.29, 0.717) is 17.0 Å². The molecule has 1 aliphatic rings. The Morgan fingerprint density at radius 3 is 2.38 bits per heavy atom. The van der Waals surface area contributed by atoms with Gasteiger partial charge in [-0.25, -0.2) is 9.78 Å². The molecule has 1 aliphatic heterocycles. The van der Waals surface area contributed by atoms with Gasteiger partial charge in [-0.2, -0.15) is 0 Å². The SMILES string of the molecule is COC(=O)c1sc(N2C(=O)C(O)=C(C(=O)c3ccc(C)o3)[C@H]2c2ccc(C(C)C)cc2)nc1C. The number of aromatic nitrogens is 1. The van der Waals surface area contributed by atoms with Crippen LogP contribution in [0.2, 0.25) is 0 Å². The number of rotatable bonds is 6. The average Bonchev–Trinajstić information content (AvgIpc) is 3.49. The number of hydrogen-bond acceptors (Lipinski definition) is 8. The first-order valence-electron chi connectivity index (χ1n) is 10.7. The summed E-state index contributed by atoms with van der Waals surface area (Å²) in [6, 6.07) is 9.67. The maximum absolute atomic E-state index is 13.4. The maximum Gasteiger partial charge on any atom is 0.350 e. The molecule has 4 rings (SSSR count). The lowest BCUT2D eigenvalue weighted by atomic mass is 9.93. The molecule has 1 aromatic carbocycles. The molecule has 0 saturated heterocycles. The number of carbonyl (C=O) groups is 3. The lowest BCUT2D eigenvalue weighted by Crippen LogP contribution is -2.31. The maximum atomic E-state index is 13.4. The highest BCUT2D eigenvalue weighted by Crippen LogP contribution is 2.44. The van der Waals surface area contributed by atoms with Gasteiger partial charge in [0.1, 0.15) is 10.6 Å². The third-order valence-corrected chi connectivity index (χ3v) is 6.83. The van der Waals surface area contributed by atoms with E-state index in [1.807, 2.05) is 24.3 Å². The second-order valence-electron chi connectivity index (χ2n) is 8.30. The van der Waals surface area contributed by atoms with Crippen LogP contribution < -0.4 is 4.90 Å². The summed E-state index contributed by atoms with van der Waals surface area (Å²) in [5, 5.41) is 11.0. The number of carbonyl (C=O) groups excluding carboxylic acids is 3. The molecule has 0 radical (unpaired) electrons. The number of hydrogen-bond donors (Lipinski definition) is 1. The number of furan rings is 1. The Kier molecular flexibility index (Phi) is 6.14. The van der Waals surface area contributed by atoms with Crippen molar-refractivity contribution in [3.63, 3.8) is 0 Å². The second kappa shape index (κ2) is 8.90. The molecule has 0 aliphatic carbocycles. The summed E-state index contributed by atoms with van der Waals surface area (Å²) >= 11 is 0.962. The number of ketones is 1. The summed E-state index contributed by atoms with van der Waals surface area (Å²) in [4.78, 5) is 44.7. The van der Waals surface area contributed by atoms with Gasteiger partial charge >= 0.3 is 5.97 Å². The Hall–Kier alpha value is -3.72. The minimum atomic E-state index is -0.956. The molecule has 176 valence electrons. The molecule has 3 aromatic rings. The number of amides is 1. The summed E-state index contributed by atoms with van der Waals surface area (Å²) in [6.45, 7) is 7.45. The number of methoxy groups -OCH3 is 1. The molecule has 0 fully saturated rings. The first kappa shape index (κ1) is 23.4. The van der Waals surface area contributed by atoms with Crippen molar-refractivity contribution in [2.75, 3.05) is 12.0 Å². The molecule has 2 aromatic heterocycles. The summed E-state index contributed by atoms with van der Waals surface area (Å²) in [5.74, 6) is -1.80. The highest BCUT2D eigenvalue weighted by atomic mass is 32.1. The van der Waals surface area contributed by atoms with Crippen molar-refractivity contribution in [3.8, 4) is 0 Å². The van der Waals surface area contributed by atoms with Gasteiger partial charge in [0.2, 0.25) is 5.78 Å². The van der Waals surface area contributed by atoms with E-state index in [-0.39, 0.29) is 27.3 Å². The Bertz CT molecular complexity index is 1320. The van der Waals surface area contributed by atoms with Gasteiger partial charge in [-0.05, 0) is 43.0 Å². The number of benzene rings is 1. The normalized spacial score (nSPS) is 16.0. The van der Waals surface area contributed by atoms with Crippen molar-refractivity contribution in [1.82, 2.24) is 4.98 Å². The van der Waals surface area contributed by atoms with E-state index in [1.165, 1.54) is 18.1 Å². The number of Topliss-reactive ketones (excluding diaryl/α,β-unsaturated/α-hetero) is 1. The van der Waals surface area contributed by atoms with Crippen LogP contribution in [-0.2, 0) is 9.53 Å². The van der Waals surface area contributed by atoms with Gasteiger partial charge in [0.05, 0.1) is 24.4 Å². The Morgan fingerprint density at radius 1 is 1.15 bits per heavy atom. The van der Waals surface area contributed by atoms with Crippen molar-refractivity contribution in [2.24, 2.45) is 0 Å². The van der Waals surface area contributed by atoms with Crippen molar-refractivity contribution < 1.29 is 28.6 Å². The number of aliphatic hydroxyl groups excluding tert-OH is 1. The molecule has 1 atom stereocenters. The van der Waals surface area contributed by atoms with Gasteiger partial charge < -0.3 is 14.3 Å².